The van der Waals surface area contributed by atoms with E-state index in [1.54, 1.807) is 0 Å². The number of hydrogen-bond donors (Lipinski definition) is 1. The van der Waals surface area contributed by atoms with Crippen molar-refractivity contribution in [1.82, 2.24) is 10.2 Å². The Morgan fingerprint density at radius 2 is 1.74 bits per heavy atom. The van der Waals surface area contributed by atoms with Gasteiger partial charge in [0.25, 0.3) is 0 Å². The Balaban J connectivity index is 2.03. The summed E-state index contributed by atoms with van der Waals surface area (Å²) in [6.07, 6.45) is 5.27. The summed E-state index contributed by atoms with van der Waals surface area (Å²) >= 11 is 0. The van der Waals surface area contributed by atoms with Gasteiger partial charge in [-0.2, -0.15) is 0 Å². The summed E-state index contributed by atoms with van der Waals surface area (Å²) in [5.41, 5.74) is -0.0563. The van der Waals surface area contributed by atoms with E-state index in [0.29, 0.717) is 12.1 Å². The summed E-state index contributed by atoms with van der Waals surface area (Å²) in [6.45, 7) is 14.4. The third kappa shape index (κ3) is 3.93. The van der Waals surface area contributed by atoms with Gasteiger partial charge in [0.1, 0.15) is 0 Å². The maximum Gasteiger partial charge on any atom is 0.0760 e. The van der Waals surface area contributed by atoms with Crippen LogP contribution in [0.2, 0.25) is 0 Å². The fourth-order valence-corrected chi connectivity index (χ4v) is 4.03. The van der Waals surface area contributed by atoms with E-state index >= 15 is 0 Å². The Kier molecular flexibility index (Phi) is 4.59. The van der Waals surface area contributed by atoms with Crippen LogP contribution in [0.4, 0.5) is 0 Å². The summed E-state index contributed by atoms with van der Waals surface area (Å²) in [4.78, 5) is 2.68. The number of morpholine rings is 1. The van der Waals surface area contributed by atoms with Crippen LogP contribution in [0.3, 0.4) is 0 Å². The first kappa shape index (κ1) is 15.3. The van der Waals surface area contributed by atoms with Gasteiger partial charge in [0, 0.05) is 25.2 Å². The van der Waals surface area contributed by atoms with Crippen LogP contribution >= 0.6 is 0 Å². The number of nitrogens with zero attached hydrogens (tertiary/aromatic N) is 1. The van der Waals surface area contributed by atoms with Crippen LogP contribution in [0.25, 0.3) is 0 Å². The molecule has 1 heterocycles. The molecule has 1 aliphatic heterocycles. The van der Waals surface area contributed by atoms with Crippen molar-refractivity contribution in [3.05, 3.63) is 0 Å². The Hall–Kier alpha value is -0.120. The second kappa shape index (κ2) is 5.71. The summed E-state index contributed by atoms with van der Waals surface area (Å²) in [5, 5.41) is 3.75. The summed E-state index contributed by atoms with van der Waals surface area (Å²) in [7, 11) is 0. The maximum absolute atomic E-state index is 6.21. The van der Waals surface area contributed by atoms with Crippen molar-refractivity contribution < 1.29 is 4.74 Å². The molecule has 2 fully saturated rings. The van der Waals surface area contributed by atoms with Crippen molar-refractivity contribution in [2.45, 2.75) is 83.6 Å². The predicted molar refractivity (Wildman–Crippen MR) is 80.5 cm³/mol. The fourth-order valence-electron chi connectivity index (χ4n) is 4.03. The van der Waals surface area contributed by atoms with Crippen molar-refractivity contribution in [2.75, 3.05) is 19.6 Å². The lowest BCUT2D eigenvalue weighted by Gasteiger charge is -2.50. The minimum Gasteiger partial charge on any atom is -0.367 e. The predicted octanol–water partition coefficient (Wildman–Crippen LogP) is 2.80. The lowest BCUT2D eigenvalue weighted by atomic mass is 9.96. The molecule has 3 heteroatoms. The third-order valence-electron chi connectivity index (χ3n) is 4.33. The molecule has 0 bridgehead atoms. The molecule has 0 spiro atoms. The Morgan fingerprint density at radius 1 is 1.11 bits per heavy atom. The van der Waals surface area contributed by atoms with Crippen molar-refractivity contribution in [1.29, 1.82) is 0 Å². The van der Waals surface area contributed by atoms with Gasteiger partial charge in [-0.25, -0.2) is 0 Å². The molecule has 2 aliphatic rings. The molecule has 1 N–H and O–H groups in total. The summed E-state index contributed by atoms with van der Waals surface area (Å²) in [5.74, 6) is 0. The highest BCUT2D eigenvalue weighted by Gasteiger charge is 2.43. The number of rotatable bonds is 4. The van der Waals surface area contributed by atoms with E-state index < -0.39 is 0 Å². The molecular formula is C16H32N2O. The van der Waals surface area contributed by atoms with Crippen molar-refractivity contribution in [2.24, 2.45) is 0 Å². The quantitative estimate of drug-likeness (QED) is 0.848. The molecule has 2 rings (SSSR count). The van der Waals surface area contributed by atoms with Gasteiger partial charge in [-0.3, -0.25) is 4.90 Å². The van der Waals surface area contributed by atoms with Gasteiger partial charge in [-0.15, -0.1) is 0 Å². The third-order valence-corrected chi connectivity index (χ3v) is 4.33. The molecule has 0 amide bonds. The first-order valence-electron chi connectivity index (χ1n) is 8.01. The first-order chi connectivity index (χ1) is 8.83. The van der Waals surface area contributed by atoms with Crippen LogP contribution in [0.15, 0.2) is 0 Å². The van der Waals surface area contributed by atoms with Crippen molar-refractivity contribution >= 4 is 0 Å². The van der Waals surface area contributed by atoms with Gasteiger partial charge < -0.3 is 10.1 Å². The van der Waals surface area contributed by atoms with E-state index in [1.807, 2.05) is 0 Å². The monoisotopic (exact) mass is 268 g/mol. The topological polar surface area (TPSA) is 24.5 Å². The lowest BCUT2D eigenvalue weighted by molar-refractivity contribution is -0.188. The van der Waals surface area contributed by atoms with E-state index in [-0.39, 0.29) is 11.2 Å². The number of ether oxygens (including phenoxy) is 1. The van der Waals surface area contributed by atoms with E-state index in [2.05, 4.69) is 44.8 Å². The normalized spacial score (nSPS) is 34.6. The largest absolute Gasteiger partial charge is 0.367 e. The van der Waals surface area contributed by atoms with E-state index in [9.17, 15) is 0 Å². The molecule has 1 saturated carbocycles. The standard InChI is InChI=1S/C16H32N2O/c1-6-10-17-13-8-7-9-14(13)18-11-15(2,3)19-16(4,5)12-18/h13-14,17H,6-12H2,1-5H3. The molecule has 1 saturated heterocycles. The lowest BCUT2D eigenvalue weighted by Crippen LogP contribution is -2.62. The highest BCUT2D eigenvalue weighted by atomic mass is 16.5. The molecule has 0 aromatic carbocycles. The Labute approximate surface area is 119 Å². The summed E-state index contributed by atoms with van der Waals surface area (Å²) < 4.78 is 6.21. The second-order valence-electron chi connectivity index (χ2n) is 7.59. The molecule has 112 valence electrons. The van der Waals surface area contributed by atoms with E-state index in [4.69, 9.17) is 4.74 Å². The maximum atomic E-state index is 6.21. The zero-order valence-corrected chi connectivity index (χ0v) is 13.5. The molecule has 0 aromatic rings. The minimum absolute atomic E-state index is 0.0281. The Morgan fingerprint density at radius 3 is 2.32 bits per heavy atom. The van der Waals surface area contributed by atoms with Gasteiger partial charge in [0.05, 0.1) is 11.2 Å². The van der Waals surface area contributed by atoms with E-state index in [0.717, 1.165) is 19.6 Å². The van der Waals surface area contributed by atoms with Crippen LogP contribution in [-0.4, -0.2) is 47.8 Å². The number of hydrogen-bond acceptors (Lipinski definition) is 3. The van der Waals surface area contributed by atoms with Gasteiger partial charge in [0.2, 0.25) is 0 Å². The van der Waals surface area contributed by atoms with Gasteiger partial charge >= 0.3 is 0 Å². The molecule has 0 radical (unpaired) electrons. The average molecular weight is 268 g/mol. The van der Waals surface area contributed by atoms with Gasteiger partial charge in [-0.05, 0) is 53.5 Å². The Bertz CT molecular complexity index is 285. The number of nitrogens with one attached hydrogen (secondary N) is 1. The molecule has 2 unspecified atom stereocenters. The molecule has 1 aliphatic carbocycles. The first-order valence-corrected chi connectivity index (χ1v) is 8.01. The minimum atomic E-state index is -0.0281. The van der Waals surface area contributed by atoms with Crippen LogP contribution in [0, 0.1) is 0 Å². The van der Waals surface area contributed by atoms with Crippen LogP contribution in [0.5, 0.6) is 0 Å². The van der Waals surface area contributed by atoms with Crippen LogP contribution in [0.1, 0.15) is 60.3 Å². The summed E-state index contributed by atoms with van der Waals surface area (Å²) in [6, 6.07) is 1.39. The van der Waals surface area contributed by atoms with Crippen molar-refractivity contribution in [3.8, 4) is 0 Å². The zero-order chi connectivity index (χ0) is 14.1. The highest BCUT2D eigenvalue weighted by Crippen LogP contribution is 2.33. The van der Waals surface area contributed by atoms with Crippen LogP contribution in [-0.2, 0) is 4.74 Å². The molecule has 19 heavy (non-hydrogen) atoms. The van der Waals surface area contributed by atoms with Gasteiger partial charge in [0.15, 0.2) is 0 Å². The van der Waals surface area contributed by atoms with Gasteiger partial charge in [-0.1, -0.05) is 13.3 Å². The zero-order valence-electron chi connectivity index (χ0n) is 13.5. The molecule has 0 aromatic heterocycles. The molecular weight excluding hydrogens is 236 g/mol. The average Bonchev–Trinajstić information content (AvgIpc) is 2.69. The smallest absolute Gasteiger partial charge is 0.0760 e. The molecule has 3 nitrogen and oxygen atoms in total. The highest BCUT2D eigenvalue weighted by molar-refractivity contribution is 4.97. The van der Waals surface area contributed by atoms with E-state index in [1.165, 1.54) is 25.7 Å². The molecule has 2 atom stereocenters. The second-order valence-corrected chi connectivity index (χ2v) is 7.59. The fraction of sp³-hybridized carbons (Fsp3) is 1.00. The SMILES string of the molecule is CCCNC1CCCC1N1CC(C)(C)OC(C)(C)C1. The van der Waals surface area contributed by atoms with Crippen molar-refractivity contribution in [3.63, 3.8) is 0 Å². The van der Waals surface area contributed by atoms with Crippen LogP contribution < -0.4 is 5.32 Å².